The first kappa shape index (κ1) is 23.7. The van der Waals surface area contributed by atoms with Gasteiger partial charge in [0.1, 0.15) is 11.5 Å². The van der Waals surface area contributed by atoms with Crippen LogP contribution in [0.1, 0.15) is 78.5 Å². The van der Waals surface area contributed by atoms with E-state index >= 15 is 0 Å². The summed E-state index contributed by atoms with van der Waals surface area (Å²) in [4.78, 5) is 16.5. The molecule has 186 valence electrons. The van der Waals surface area contributed by atoms with Crippen molar-refractivity contribution in [1.29, 1.82) is 0 Å². The molecule has 1 aromatic carbocycles. The number of benzene rings is 1. The molecule has 1 amide bonds. The number of anilines is 1. The van der Waals surface area contributed by atoms with Gasteiger partial charge in [-0.15, -0.1) is 0 Å². The Balaban J connectivity index is 1.17. The standard InChI is InChI=1S/C27H31F3N4O/c1-16-3-13-22(16)18-5-7-19(8-6-18)26(35)32-21-11-9-20(10-12-21)31-24-14-4-17(2)25-33-23(15-34(24)25)27(28,29)30/h4-8,14-16,20-22,31H,3,9-13H2,1-2H3,(H,32,35). The number of nitrogens with zero attached hydrogens (tertiary/aromatic N) is 2. The van der Waals surface area contributed by atoms with Crippen LogP contribution in [0.15, 0.2) is 42.6 Å². The third kappa shape index (κ3) is 4.88. The molecule has 2 fully saturated rings. The van der Waals surface area contributed by atoms with E-state index in [9.17, 15) is 18.0 Å². The zero-order chi connectivity index (χ0) is 24.7. The Bertz CT molecular complexity index is 1210. The van der Waals surface area contributed by atoms with Gasteiger partial charge in [0.25, 0.3) is 5.91 Å². The van der Waals surface area contributed by atoms with Gasteiger partial charge in [-0.2, -0.15) is 13.2 Å². The number of amides is 1. The van der Waals surface area contributed by atoms with Crippen molar-refractivity contribution in [2.24, 2.45) is 5.92 Å². The highest BCUT2D eigenvalue weighted by Gasteiger charge is 2.34. The van der Waals surface area contributed by atoms with Gasteiger partial charge < -0.3 is 10.6 Å². The van der Waals surface area contributed by atoms with Gasteiger partial charge in [0.2, 0.25) is 0 Å². The summed E-state index contributed by atoms with van der Waals surface area (Å²) in [5.41, 5.74) is 2.10. The van der Waals surface area contributed by atoms with E-state index in [0.29, 0.717) is 28.5 Å². The first-order valence-corrected chi connectivity index (χ1v) is 12.4. The minimum atomic E-state index is -4.48. The number of nitrogens with one attached hydrogen (secondary N) is 2. The molecule has 2 heterocycles. The fourth-order valence-corrected chi connectivity index (χ4v) is 5.36. The SMILES string of the molecule is Cc1ccc(NC2CCC(NC(=O)c3ccc(C4CCC4C)cc3)CC2)n2cc(C(F)(F)F)nc12. The molecular formula is C27H31F3N4O. The Morgan fingerprint density at radius 2 is 1.66 bits per heavy atom. The average Bonchev–Trinajstić information content (AvgIpc) is 3.29. The Morgan fingerprint density at radius 1 is 0.971 bits per heavy atom. The topological polar surface area (TPSA) is 58.4 Å². The molecule has 2 saturated carbocycles. The molecule has 35 heavy (non-hydrogen) atoms. The number of pyridine rings is 1. The summed E-state index contributed by atoms with van der Waals surface area (Å²) in [5.74, 6) is 1.89. The predicted molar refractivity (Wildman–Crippen MR) is 130 cm³/mol. The van der Waals surface area contributed by atoms with E-state index in [0.717, 1.165) is 37.8 Å². The first-order valence-electron chi connectivity index (χ1n) is 12.4. The number of carbonyl (C=O) groups is 1. The van der Waals surface area contributed by atoms with E-state index in [1.165, 1.54) is 22.8 Å². The van der Waals surface area contributed by atoms with Crippen molar-refractivity contribution in [2.75, 3.05) is 5.32 Å². The molecule has 8 heteroatoms. The van der Waals surface area contributed by atoms with Gasteiger partial charge in [-0.25, -0.2) is 4.98 Å². The summed E-state index contributed by atoms with van der Waals surface area (Å²) in [6.45, 7) is 4.03. The zero-order valence-corrected chi connectivity index (χ0v) is 20.0. The van der Waals surface area contributed by atoms with E-state index < -0.39 is 11.9 Å². The fraction of sp³-hybridized carbons (Fsp3) is 0.481. The van der Waals surface area contributed by atoms with Crippen molar-refractivity contribution in [3.63, 3.8) is 0 Å². The van der Waals surface area contributed by atoms with Crippen LogP contribution in [0.5, 0.6) is 0 Å². The van der Waals surface area contributed by atoms with Crippen LogP contribution in [0, 0.1) is 12.8 Å². The van der Waals surface area contributed by atoms with E-state index in [-0.39, 0.29) is 18.0 Å². The molecule has 5 rings (SSSR count). The van der Waals surface area contributed by atoms with Crippen molar-refractivity contribution < 1.29 is 18.0 Å². The van der Waals surface area contributed by atoms with Gasteiger partial charge in [0.05, 0.1) is 0 Å². The van der Waals surface area contributed by atoms with Crippen LogP contribution >= 0.6 is 0 Å². The number of aromatic nitrogens is 2. The first-order chi connectivity index (χ1) is 16.7. The summed E-state index contributed by atoms with van der Waals surface area (Å²) in [6, 6.07) is 11.8. The van der Waals surface area contributed by atoms with Crippen LogP contribution in [-0.2, 0) is 6.18 Å². The van der Waals surface area contributed by atoms with E-state index in [1.807, 2.05) is 12.1 Å². The highest BCUT2D eigenvalue weighted by atomic mass is 19.4. The molecule has 0 radical (unpaired) electrons. The molecule has 3 aromatic rings. The highest BCUT2D eigenvalue weighted by molar-refractivity contribution is 5.94. The monoisotopic (exact) mass is 484 g/mol. The second-order valence-electron chi connectivity index (χ2n) is 10.2. The molecule has 5 nitrogen and oxygen atoms in total. The van der Waals surface area contributed by atoms with Crippen LogP contribution in [0.25, 0.3) is 5.65 Å². The summed E-state index contributed by atoms with van der Waals surface area (Å²) >= 11 is 0. The lowest BCUT2D eigenvalue weighted by Crippen LogP contribution is -2.40. The van der Waals surface area contributed by atoms with Crippen LogP contribution in [0.3, 0.4) is 0 Å². The molecule has 2 N–H and O–H groups in total. The number of imidazole rings is 1. The number of carbonyl (C=O) groups excluding carboxylic acids is 1. The molecular weight excluding hydrogens is 453 g/mol. The Morgan fingerprint density at radius 3 is 2.26 bits per heavy atom. The largest absolute Gasteiger partial charge is 0.434 e. The Kier molecular flexibility index (Phi) is 6.23. The van der Waals surface area contributed by atoms with Crippen molar-refractivity contribution >= 4 is 17.4 Å². The van der Waals surface area contributed by atoms with Gasteiger partial charge in [0, 0.05) is 23.8 Å². The number of hydrogen-bond acceptors (Lipinski definition) is 3. The van der Waals surface area contributed by atoms with E-state index in [2.05, 4.69) is 34.7 Å². The van der Waals surface area contributed by atoms with Crippen molar-refractivity contribution in [2.45, 2.75) is 76.6 Å². The molecule has 2 aromatic heterocycles. The number of aryl methyl sites for hydroxylation is 1. The quantitative estimate of drug-likeness (QED) is 0.445. The van der Waals surface area contributed by atoms with E-state index in [1.54, 1.807) is 19.1 Å². The molecule has 0 aliphatic heterocycles. The Hall–Kier alpha value is -3.03. The number of alkyl halides is 3. The maximum atomic E-state index is 13.2. The molecule has 2 aliphatic carbocycles. The maximum Gasteiger partial charge on any atom is 0.434 e. The van der Waals surface area contributed by atoms with E-state index in [4.69, 9.17) is 0 Å². The number of halogens is 3. The van der Waals surface area contributed by atoms with Gasteiger partial charge in [-0.1, -0.05) is 25.1 Å². The van der Waals surface area contributed by atoms with Crippen LogP contribution < -0.4 is 10.6 Å². The van der Waals surface area contributed by atoms with Crippen molar-refractivity contribution in [3.05, 3.63) is 65.0 Å². The predicted octanol–water partition coefficient (Wildman–Crippen LogP) is 6.33. The molecule has 0 saturated heterocycles. The molecule has 2 atom stereocenters. The second kappa shape index (κ2) is 9.21. The number of fused-ring (bicyclic) bond motifs is 1. The number of hydrogen-bond donors (Lipinski definition) is 2. The average molecular weight is 485 g/mol. The van der Waals surface area contributed by atoms with Crippen LogP contribution in [-0.4, -0.2) is 27.4 Å². The third-order valence-electron chi connectivity index (χ3n) is 7.74. The summed E-state index contributed by atoms with van der Waals surface area (Å²) in [5, 5.41) is 6.55. The van der Waals surface area contributed by atoms with Gasteiger partial charge in [-0.3, -0.25) is 9.20 Å². The molecule has 2 unspecified atom stereocenters. The lowest BCUT2D eigenvalue weighted by Gasteiger charge is -2.34. The maximum absolute atomic E-state index is 13.2. The number of rotatable bonds is 5. The lowest BCUT2D eigenvalue weighted by atomic mass is 9.71. The van der Waals surface area contributed by atoms with Gasteiger partial charge in [-0.05, 0) is 86.6 Å². The summed E-state index contributed by atoms with van der Waals surface area (Å²) in [7, 11) is 0. The summed E-state index contributed by atoms with van der Waals surface area (Å²) in [6.07, 6.45) is 2.33. The molecule has 0 spiro atoms. The third-order valence-corrected chi connectivity index (χ3v) is 7.74. The lowest BCUT2D eigenvalue weighted by molar-refractivity contribution is -0.140. The highest BCUT2D eigenvalue weighted by Crippen LogP contribution is 2.42. The smallest absolute Gasteiger partial charge is 0.368 e. The van der Waals surface area contributed by atoms with Gasteiger partial charge >= 0.3 is 6.18 Å². The van der Waals surface area contributed by atoms with Crippen LogP contribution in [0.4, 0.5) is 19.0 Å². The Labute approximate surface area is 203 Å². The van der Waals surface area contributed by atoms with Crippen molar-refractivity contribution in [3.8, 4) is 0 Å². The fourth-order valence-electron chi connectivity index (χ4n) is 5.36. The normalized spacial score (nSPS) is 24.7. The van der Waals surface area contributed by atoms with Crippen molar-refractivity contribution in [1.82, 2.24) is 14.7 Å². The molecule has 0 bridgehead atoms. The summed E-state index contributed by atoms with van der Waals surface area (Å²) < 4.78 is 41.0. The minimum Gasteiger partial charge on any atom is -0.368 e. The molecule has 2 aliphatic rings. The van der Waals surface area contributed by atoms with Crippen LogP contribution in [0.2, 0.25) is 0 Å². The minimum absolute atomic E-state index is 0.0482. The zero-order valence-electron chi connectivity index (χ0n) is 20.0. The van der Waals surface area contributed by atoms with Gasteiger partial charge in [0.15, 0.2) is 5.69 Å². The second-order valence-corrected chi connectivity index (χ2v) is 10.2.